The van der Waals surface area contributed by atoms with Crippen LogP contribution in [-0.2, 0) is 0 Å². The molecular formula is C10H23BS. The Bertz CT molecular complexity index is 94.0. The standard InChI is InChI=1S/C10H23BS/c1-6-7-8-12-11(9(2)3)10(4)5/h9-10H,6-8H2,1-5H3. The van der Waals surface area contributed by atoms with Gasteiger partial charge in [0, 0.05) is 0 Å². The predicted octanol–water partition coefficient (Wildman–Crippen LogP) is 4.33. The fraction of sp³-hybridized carbons (Fsp3) is 1.00. The maximum absolute atomic E-state index is 2.34. The molecular weight excluding hydrogens is 163 g/mol. The molecule has 0 aromatic carbocycles. The summed E-state index contributed by atoms with van der Waals surface area (Å²) in [5.41, 5.74) is 0. The van der Waals surface area contributed by atoms with E-state index in [1.807, 2.05) is 0 Å². The molecule has 0 bridgehead atoms. The average molecular weight is 186 g/mol. The van der Waals surface area contributed by atoms with Gasteiger partial charge >= 0.3 is 0 Å². The molecule has 0 aliphatic rings. The van der Waals surface area contributed by atoms with Gasteiger partial charge in [0.2, 0.25) is 5.99 Å². The number of hydrogen-bond acceptors (Lipinski definition) is 1. The molecule has 0 atom stereocenters. The summed E-state index contributed by atoms with van der Waals surface area (Å²) in [6.45, 7) is 11.6. The van der Waals surface area contributed by atoms with Gasteiger partial charge in [-0.05, 0) is 12.2 Å². The quantitative estimate of drug-likeness (QED) is 0.439. The highest BCUT2D eigenvalue weighted by Crippen LogP contribution is 2.29. The van der Waals surface area contributed by atoms with E-state index in [0.29, 0.717) is 0 Å². The largest absolute Gasteiger partial charge is 0.214 e. The van der Waals surface area contributed by atoms with E-state index in [2.05, 4.69) is 46.2 Å². The van der Waals surface area contributed by atoms with Crippen molar-refractivity contribution in [2.45, 2.75) is 59.1 Å². The molecule has 0 aliphatic carbocycles. The second-order valence-electron chi connectivity index (χ2n) is 4.18. The smallest absolute Gasteiger partial charge is 0.209 e. The highest BCUT2D eigenvalue weighted by atomic mass is 32.2. The molecule has 0 heterocycles. The highest BCUT2D eigenvalue weighted by Gasteiger charge is 2.21. The maximum atomic E-state index is 2.34. The number of rotatable bonds is 6. The number of hydrogen-bond donors (Lipinski definition) is 0. The van der Waals surface area contributed by atoms with Gasteiger partial charge in [-0.25, -0.2) is 11.6 Å². The van der Waals surface area contributed by atoms with Crippen LogP contribution < -0.4 is 0 Å². The molecule has 0 aromatic rings. The molecule has 0 unspecified atom stereocenters. The Morgan fingerprint density at radius 2 is 1.58 bits per heavy atom. The Morgan fingerprint density at radius 3 is 1.92 bits per heavy atom. The third-order valence-electron chi connectivity index (χ3n) is 2.12. The van der Waals surface area contributed by atoms with Gasteiger partial charge in [0.15, 0.2) is 0 Å². The van der Waals surface area contributed by atoms with Crippen molar-refractivity contribution < 1.29 is 0 Å². The van der Waals surface area contributed by atoms with Crippen LogP contribution in [0.15, 0.2) is 0 Å². The summed E-state index contributed by atoms with van der Waals surface area (Å²) in [6.07, 6.45) is 2.70. The summed E-state index contributed by atoms with van der Waals surface area (Å²) < 4.78 is 0. The third kappa shape index (κ3) is 5.13. The monoisotopic (exact) mass is 186 g/mol. The highest BCUT2D eigenvalue weighted by molar-refractivity contribution is 8.25. The molecule has 0 radical (unpaired) electrons. The topological polar surface area (TPSA) is 0 Å². The van der Waals surface area contributed by atoms with Crippen LogP contribution in [0, 0.1) is 0 Å². The molecule has 0 saturated carbocycles. The average Bonchev–Trinajstić information content (AvgIpc) is 1.96. The summed E-state index contributed by atoms with van der Waals surface area (Å²) >= 11 is 2.16. The van der Waals surface area contributed by atoms with Crippen LogP contribution in [0.5, 0.6) is 0 Å². The van der Waals surface area contributed by atoms with Gasteiger partial charge in [0.05, 0.1) is 0 Å². The molecule has 0 rings (SSSR count). The first kappa shape index (κ1) is 12.4. The van der Waals surface area contributed by atoms with Gasteiger partial charge < -0.3 is 0 Å². The normalized spacial score (nSPS) is 11.2. The molecule has 0 saturated heterocycles. The van der Waals surface area contributed by atoms with Crippen LogP contribution in [0.3, 0.4) is 0 Å². The van der Waals surface area contributed by atoms with Crippen molar-refractivity contribution >= 4 is 17.6 Å². The Balaban J connectivity index is 3.64. The maximum Gasteiger partial charge on any atom is 0.214 e. The van der Waals surface area contributed by atoms with Crippen LogP contribution >= 0.6 is 11.6 Å². The van der Waals surface area contributed by atoms with Crippen molar-refractivity contribution in [3.8, 4) is 0 Å². The predicted molar refractivity (Wildman–Crippen MR) is 63.3 cm³/mol. The molecule has 72 valence electrons. The minimum absolute atomic E-state index is 0.826. The van der Waals surface area contributed by atoms with E-state index in [-0.39, 0.29) is 0 Å². The molecule has 0 spiro atoms. The zero-order valence-corrected chi connectivity index (χ0v) is 10.1. The van der Waals surface area contributed by atoms with Gasteiger partial charge in [-0.2, -0.15) is 0 Å². The first-order valence-electron chi connectivity index (χ1n) is 5.21. The van der Waals surface area contributed by atoms with Crippen molar-refractivity contribution in [1.29, 1.82) is 0 Å². The van der Waals surface area contributed by atoms with Gasteiger partial charge in [0.1, 0.15) is 0 Å². The van der Waals surface area contributed by atoms with Crippen molar-refractivity contribution in [1.82, 2.24) is 0 Å². The van der Waals surface area contributed by atoms with Crippen molar-refractivity contribution in [3.63, 3.8) is 0 Å². The molecule has 0 aliphatic heterocycles. The second-order valence-corrected chi connectivity index (χ2v) is 5.46. The summed E-state index contributed by atoms with van der Waals surface area (Å²) in [5.74, 6) is 3.85. The van der Waals surface area contributed by atoms with Crippen molar-refractivity contribution in [2.75, 3.05) is 5.75 Å². The molecule has 2 heteroatoms. The summed E-state index contributed by atoms with van der Waals surface area (Å²) in [5, 5.41) is 0. The first-order chi connectivity index (χ1) is 5.59. The van der Waals surface area contributed by atoms with E-state index in [1.54, 1.807) is 0 Å². The molecule has 0 N–H and O–H groups in total. The van der Waals surface area contributed by atoms with Gasteiger partial charge in [-0.1, -0.05) is 52.7 Å². The lowest BCUT2D eigenvalue weighted by atomic mass is 9.55. The van der Waals surface area contributed by atoms with Crippen LogP contribution in [0.25, 0.3) is 0 Å². The Kier molecular flexibility index (Phi) is 7.12. The van der Waals surface area contributed by atoms with E-state index in [1.165, 1.54) is 18.6 Å². The summed E-state index contributed by atoms with van der Waals surface area (Å²) in [7, 11) is 0. The summed E-state index contributed by atoms with van der Waals surface area (Å²) in [4.78, 5) is 0. The molecule has 0 nitrogen and oxygen atoms in total. The van der Waals surface area contributed by atoms with Crippen LogP contribution in [0.4, 0.5) is 0 Å². The van der Waals surface area contributed by atoms with E-state index >= 15 is 0 Å². The molecule has 0 fully saturated rings. The molecule has 12 heavy (non-hydrogen) atoms. The Hall–Kier alpha value is 0.415. The lowest BCUT2D eigenvalue weighted by molar-refractivity contribution is 0.896. The zero-order chi connectivity index (χ0) is 9.56. The van der Waals surface area contributed by atoms with E-state index in [9.17, 15) is 0 Å². The lowest BCUT2D eigenvalue weighted by Gasteiger charge is -2.20. The van der Waals surface area contributed by atoms with Gasteiger partial charge in [-0.15, -0.1) is 0 Å². The number of unbranched alkanes of at least 4 members (excludes halogenated alkanes) is 1. The van der Waals surface area contributed by atoms with E-state index in [0.717, 1.165) is 17.6 Å². The van der Waals surface area contributed by atoms with E-state index < -0.39 is 0 Å². The van der Waals surface area contributed by atoms with Crippen molar-refractivity contribution in [2.24, 2.45) is 0 Å². The lowest BCUT2D eigenvalue weighted by Crippen LogP contribution is -2.17. The van der Waals surface area contributed by atoms with E-state index in [4.69, 9.17) is 0 Å². The van der Waals surface area contributed by atoms with Crippen LogP contribution in [0.2, 0.25) is 11.6 Å². The second kappa shape index (κ2) is 6.88. The molecule has 0 amide bonds. The minimum Gasteiger partial charge on any atom is -0.209 e. The summed E-state index contributed by atoms with van der Waals surface area (Å²) in [6, 6.07) is 0. The van der Waals surface area contributed by atoms with Crippen LogP contribution in [-0.4, -0.2) is 11.7 Å². The van der Waals surface area contributed by atoms with Crippen LogP contribution in [0.1, 0.15) is 47.5 Å². The molecule has 0 aromatic heterocycles. The Morgan fingerprint density at radius 1 is 1.08 bits per heavy atom. The zero-order valence-electron chi connectivity index (χ0n) is 9.26. The third-order valence-corrected chi connectivity index (χ3v) is 4.12. The fourth-order valence-corrected chi connectivity index (χ4v) is 3.02. The minimum atomic E-state index is 0.826. The van der Waals surface area contributed by atoms with Gasteiger partial charge in [-0.3, -0.25) is 0 Å². The first-order valence-corrected chi connectivity index (χ1v) is 6.26. The van der Waals surface area contributed by atoms with Gasteiger partial charge in [0.25, 0.3) is 0 Å². The fourth-order valence-electron chi connectivity index (χ4n) is 1.52. The van der Waals surface area contributed by atoms with Crippen molar-refractivity contribution in [3.05, 3.63) is 0 Å². The Labute approximate surface area is 82.9 Å². The SMILES string of the molecule is CCCCSB(C(C)C)C(C)C.